The SMILES string of the molecule is CC(Cl)OC(=O)[C@H](C)NC(=O)OC(C)(C)C. The van der Waals surface area contributed by atoms with Crippen LogP contribution in [0.1, 0.15) is 34.6 Å². The zero-order chi connectivity index (χ0) is 12.9. The molecule has 94 valence electrons. The van der Waals surface area contributed by atoms with Gasteiger partial charge >= 0.3 is 12.1 Å². The molecule has 2 atom stereocenters. The molecule has 0 radical (unpaired) electrons. The van der Waals surface area contributed by atoms with Crippen molar-refractivity contribution in [3.63, 3.8) is 0 Å². The average Bonchev–Trinajstić information content (AvgIpc) is 1.98. The maximum atomic E-state index is 11.3. The van der Waals surface area contributed by atoms with Gasteiger partial charge in [0, 0.05) is 0 Å². The Morgan fingerprint density at radius 3 is 2.12 bits per heavy atom. The van der Waals surface area contributed by atoms with Crippen molar-refractivity contribution in [3.05, 3.63) is 0 Å². The zero-order valence-electron chi connectivity index (χ0n) is 10.2. The molecule has 0 heterocycles. The molecule has 1 N–H and O–H groups in total. The number of hydrogen-bond donors (Lipinski definition) is 1. The molecule has 0 aliphatic carbocycles. The van der Waals surface area contributed by atoms with Crippen LogP contribution in [0.5, 0.6) is 0 Å². The van der Waals surface area contributed by atoms with Gasteiger partial charge in [-0.2, -0.15) is 0 Å². The lowest BCUT2D eigenvalue weighted by Crippen LogP contribution is -2.42. The van der Waals surface area contributed by atoms with Gasteiger partial charge in [0.2, 0.25) is 0 Å². The number of carbonyl (C=O) groups is 2. The standard InChI is InChI=1S/C10H18ClNO4/c1-6(8(13)15-7(2)11)12-9(14)16-10(3,4)5/h6-7H,1-5H3,(H,12,14)/t6-,7?/m0/s1. The van der Waals surface area contributed by atoms with Crippen LogP contribution in [0.2, 0.25) is 0 Å². The van der Waals surface area contributed by atoms with Crippen LogP contribution in [0.15, 0.2) is 0 Å². The molecule has 0 aliphatic heterocycles. The molecule has 6 heteroatoms. The number of hydrogen-bond acceptors (Lipinski definition) is 4. The van der Waals surface area contributed by atoms with Gasteiger partial charge in [-0.3, -0.25) is 0 Å². The third-order valence-electron chi connectivity index (χ3n) is 1.37. The van der Waals surface area contributed by atoms with Crippen molar-refractivity contribution in [2.45, 2.75) is 51.8 Å². The minimum absolute atomic E-state index is 0.603. The first-order chi connectivity index (χ1) is 7.11. The molecule has 0 aromatic rings. The van der Waals surface area contributed by atoms with Crippen LogP contribution in [0, 0.1) is 0 Å². The first kappa shape index (κ1) is 15.0. The monoisotopic (exact) mass is 251 g/mol. The number of esters is 1. The Bertz CT molecular complexity index is 260. The Morgan fingerprint density at radius 1 is 1.25 bits per heavy atom. The van der Waals surface area contributed by atoms with Gasteiger partial charge in [0.15, 0.2) is 5.56 Å². The molecule has 5 nitrogen and oxygen atoms in total. The third kappa shape index (κ3) is 7.34. The van der Waals surface area contributed by atoms with E-state index < -0.39 is 29.3 Å². The van der Waals surface area contributed by atoms with Gasteiger partial charge in [-0.05, 0) is 34.6 Å². The van der Waals surface area contributed by atoms with E-state index in [1.54, 1.807) is 20.8 Å². The number of amides is 1. The summed E-state index contributed by atoms with van der Waals surface area (Å²) in [7, 11) is 0. The van der Waals surface area contributed by atoms with E-state index in [4.69, 9.17) is 21.1 Å². The number of ether oxygens (including phenoxy) is 2. The second-order valence-corrected chi connectivity index (χ2v) is 4.96. The van der Waals surface area contributed by atoms with Crippen molar-refractivity contribution in [1.82, 2.24) is 5.32 Å². The first-order valence-electron chi connectivity index (χ1n) is 4.96. The van der Waals surface area contributed by atoms with E-state index in [-0.39, 0.29) is 0 Å². The average molecular weight is 252 g/mol. The number of rotatable bonds is 3. The highest BCUT2D eigenvalue weighted by atomic mass is 35.5. The summed E-state index contributed by atoms with van der Waals surface area (Å²) >= 11 is 5.47. The molecule has 0 spiro atoms. The minimum Gasteiger partial charge on any atom is -0.445 e. The minimum atomic E-state index is -0.795. The Hall–Kier alpha value is -0.970. The lowest BCUT2D eigenvalue weighted by Gasteiger charge is -2.21. The van der Waals surface area contributed by atoms with E-state index in [0.29, 0.717) is 0 Å². The summed E-state index contributed by atoms with van der Waals surface area (Å²) in [5.41, 5.74) is -1.33. The largest absolute Gasteiger partial charge is 0.445 e. The molecule has 1 amide bonds. The fourth-order valence-corrected chi connectivity index (χ4v) is 0.893. The molecular formula is C10H18ClNO4. The van der Waals surface area contributed by atoms with Crippen molar-refractivity contribution in [3.8, 4) is 0 Å². The van der Waals surface area contributed by atoms with Crippen molar-refractivity contribution in [2.75, 3.05) is 0 Å². The van der Waals surface area contributed by atoms with Crippen molar-refractivity contribution in [1.29, 1.82) is 0 Å². The maximum absolute atomic E-state index is 11.3. The number of alkyl carbamates (subject to hydrolysis) is 1. The van der Waals surface area contributed by atoms with Crippen LogP contribution in [-0.4, -0.2) is 29.3 Å². The van der Waals surface area contributed by atoms with Crippen molar-refractivity contribution >= 4 is 23.7 Å². The predicted octanol–water partition coefficient (Wildman–Crippen LogP) is 2.03. The van der Waals surface area contributed by atoms with E-state index in [1.165, 1.54) is 13.8 Å². The summed E-state index contributed by atoms with van der Waals surface area (Å²) < 4.78 is 9.67. The van der Waals surface area contributed by atoms with Crippen LogP contribution in [0.3, 0.4) is 0 Å². The molecule has 0 saturated carbocycles. The van der Waals surface area contributed by atoms with Gasteiger partial charge in [0.05, 0.1) is 0 Å². The summed E-state index contributed by atoms with van der Waals surface area (Å²) in [6.07, 6.45) is -0.667. The molecule has 0 saturated heterocycles. The van der Waals surface area contributed by atoms with Crippen molar-refractivity contribution in [2.24, 2.45) is 0 Å². The highest BCUT2D eigenvalue weighted by Gasteiger charge is 2.22. The normalized spacial score (nSPS) is 14.9. The van der Waals surface area contributed by atoms with E-state index in [0.717, 1.165) is 0 Å². The fourth-order valence-electron chi connectivity index (χ4n) is 0.805. The first-order valence-corrected chi connectivity index (χ1v) is 5.39. The zero-order valence-corrected chi connectivity index (χ0v) is 10.9. The highest BCUT2D eigenvalue weighted by Crippen LogP contribution is 2.07. The van der Waals surface area contributed by atoms with Crippen LogP contribution in [0.25, 0.3) is 0 Å². The molecule has 1 unspecified atom stereocenters. The lowest BCUT2D eigenvalue weighted by molar-refractivity contribution is -0.146. The summed E-state index contributed by atoms with van der Waals surface area (Å²) in [6.45, 7) is 8.20. The van der Waals surface area contributed by atoms with Crippen LogP contribution in [-0.2, 0) is 14.3 Å². The third-order valence-corrected chi connectivity index (χ3v) is 1.45. The number of carbonyl (C=O) groups excluding carboxylic acids is 2. The van der Waals surface area contributed by atoms with Gasteiger partial charge in [-0.25, -0.2) is 9.59 Å². The van der Waals surface area contributed by atoms with Crippen LogP contribution < -0.4 is 5.32 Å². The van der Waals surface area contributed by atoms with E-state index in [2.05, 4.69) is 5.32 Å². The van der Waals surface area contributed by atoms with Crippen molar-refractivity contribution < 1.29 is 19.1 Å². The van der Waals surface area contributed by atoms with E-state index in [9.17, 15) is 9.59 Å². The van der Waals surface area contributed by atoms with Gasteiger partial charge in [-0.15, -0.1) is 0 Å². The molecule has 16 heavy (non-hydrogen) atoms. The fraction of sp³-hybridized carbons (Fsp3) is 0.800. The summed E-state index contributed by atoms with van der Waals surface area (Å²) in [5.74, 6) is -0.603. The maximum Gasteiger partial charge on any atom is 0.408 e. The van der Waals surface area contributed by atoms with Gasteiger partial charge in [-0.1, -0.05) is 11.6 Å². The van der Waals surface area contributed by atoms with Gasteiger partial charge in [0.1, 0.15) is 11.6 Å². The van der Waals surface area contributed by atoms with E-state index >= 15 is 0 Å². The van der Waals surface area contributed by atoms with Crippen LogP contribution >= 0.6 is 11.6 Å². The summed E-state index contributed by atoms with van der Waals surface area (Å²) in [4.78, 5) is 22.6. The highest BCUT2D eigenvalue weighted by molar-refractivity contribution is 6.20. The molecule has 0 aliphatic rings. The summed E-state index contributed by atoms with van der Waals surface area (Å²) in [6, 6.07) is -0.795. The molecular weight excluding hydrogens is 234 g/mol. The van der Waals surface area contributed by atoms with Crippen LogP contribution in [0.4, 0.5) is 4.79 Å². The number of halogens is 1. The summed E-state index contributed by atoms with van der Waals surface area (Å²) in [5, 5.41) is 2.35. The second kappa shape index (κ2) is 5.94. The second-order valence-electron chi connectivity index (χ2n) is 4.35. The number of nitrogens with one attached hydrogen (secondary N) is 1. The topological polar surface area (TPSA) is 64.6 Å². The molecule has 0 rings (SSSR count). The lowest BCUT2D eigenvalue weighted by atomic mass is 10.2. The molecule has 0 aromatic heterocycles. The molecule has 0 fully saturated rings. The Labute approximate surface area is 100 Å². The Kier molecular flexibility index (Phi) is 5.58. The van der Waals surface area contributed by atoms with Gasteiger partial charge < -0.3 is 14.8 Å². The Morgan fingerprint density at radius 2 is 1.75 bits per heavy atom. The Balaban J connectivity index is 4.09. The number of alkyl halides is 1. The quantitative estimate of drug-likeness (QED) is 0.616. The smallest absolute Gasteiger partial charge is 0.408 e. The van der Waals surface area contributed by atoms with E-state index in [1.807, 2.05) is 0 Å². The van der Waals surface area contributed by atoms with Gasteiger partial charge in [0.25, 0.3) is 0 Å². The predicted molar refractivity (Wildman–Crippen MR) is 60.2 cm³/mol. The molecule has 0 aromatic carbocycles. The molecule has 0 bridgehead atoms.